The van der Waals surface area contributed by atoms with Crippen LogP contribution in [0.1, 0.15) is 31.9 Å². The number of nitrogens with zero attached hydrogens (tertiary/aromatic N) is 3. The van der Waals surface area contributed by atoms with Gasteiger partial charge < -0.3 is 10.3 Å². The van der Waals surface area contributed by atoms with Crippen LogP contribution in [0, 0.1) is 0 Å². The van der Waals surface area contributed by atoms with Gasteiger partial charge in [0, 0.05) is 30.3 Å². The first kappa shape index (κ1) is 21.1. The van der Waals surface area contributed by atoms with Gasteiger partial charge in [0.05, 0.1) is 0 Å². The molecule has 0 atom stereocenters. The van der Waals surface area contributed by atoms with Crippen LogP contribution in [0.15, 0.2) is 53.1 Å². The van der Waals surface area contributed by atoms with E-state index in [4.69, 9.17) is 10.3 Å². The van der Waals surface area contributed by atoms with Crippen LogP contribution in [0.5, 0.6) is 0 Å². The number of hydrogen-bond donors (Lipinski definition) is 1. The van der Waals surface area contributed by atoms with Crippen molar-refractivity contribution in [1.82, 2.24) is 15.0 Å². The first-order valence-electron chi connectivity index (χ1n) is 9.07. The second-order valence-electron chi connectivity index (χ2n) is 6.68. The molecule has 1 aromatic heterocycles. The molecule has 0 radical (unpaired) electrons. The van der Waals surface area contributed by atoms with Gasteiger partial charge in [0.2, 0.25) is 5.82 Å². The van der Waals surface area contributed by atoms with E-state index in [-0.39, 0.29) is 12.4 Å². The van der Waals surface area contributed by atoms with Crippen molar-refractivity contribution in [2.45, 2.75) is 39.9 Å². The summed E-state index contributed by atoms with van der Waals surface area (Å²) in [6.07, 6.45) is 0. The SMILES string of the molecule is CCN(Cc1ccc(-c2nc(-c3ccc(CN)cc3)no2)cc1)C(C)C.Cl. The van der Waals surface area contributed by atoms with E-state index in [0.717, 1.165) is 29.8 Å². The lowest BCUT2D eigenvalue weighted by Crippen LogP contribution is -2.29. The van der Waals surface area contributed by atoms with Gasteiger partial charge in [0.25, 0.3) is 5.89 Å². The number of halogens is 1. The maximum absolute atomic E-state index is 5.63. The average molecular weight is 387 g/mol. The van der Waals surface area contributed by atoms with Gasteiger partial charge in [-0.3, -0.25) is 4.90 Å². The Balaban J connectivity index is 0.00000261. The van der Waals surface area contributed by atoms with E-state index < -0.39 is 0 Å². The number of nitrogens with two attached hydrogens (primary N) is 1. The Hall–Kier alpha value is -2.21. The molecular formula is C21H27ClN4O. The Morgan fingerprint density at radius 2 is 1.56 bits per heavy atom. The fourth-order valence-corrected chi connectivity index (χ4v) is 2.89. The quantitative estimate of drug-likeness (QED) is 0.646. The van der Waals surface area contributed by atoms with Gasteiger partial charge in [0.1, 0.15) is 0 Å². The molecule has 0 aliphatic carbocycles. The zero-order valence-corrected chi connectivity index (χ0v) is 16.9. The summed E-state index contributed by atoms with van der Waals surface area (Å²) < 4.78 is 5.45. The molecule has 0 saturated heterocycles. The van der Waals surface area contributed by atoms with Crippen molar-refractivity contribution in [2.24, 2.45) is 5.73 Å². The Morgan fingerprint density at radius 3 is 2.11 bits per heavy atom. The van der Waals surface area contributed by atoms with E-state index in [2.05, 4.69) is 47.9 Å². The molecule has 2 N–H and O–H groups in total. The number of benzene rings is 2. The van der Waals surface area contributed by atoms with Gasteiger partial charge in [-0.25, -0.2) is 0 Å². The first-order valence-corrected chi connectivity index (χ1v) is 9.07. The second kappa shape index (κ2) is 9.65. The lowest BCUT2D eigenvalue weighted by Gasteiger charge is -2.24. The van der Waals surface area contributed by atoms with Crippen molar-refractivity contribution >= 4 is 12.4 Å². The molecule has 0 bridgehead atoms. The van der Waals surface area contributed by atoms with Crippen LogP contribution in [0.3, 0.4) is 0 Å². The van der Waals surface area contributed by atoms with Gasteiger partial charge in [-0.15, -0.1) is 12.4 Å². The van der Waals surface area contributed by atoms with Crippen LogP contribution >= 0.6 is 12.4 Å². The molecular weight excluding hydrogens is 360 g/mol. The molecule has 5 nitrogen and oxygen atoms in total. The van der Waals surface area contributed by atoms with Gasteiger partial charge in [0.15, 0.2) is 0 Å². The summed E-state index contributed by atoms with van der Waals surface area (Å²) in [6, 6.07) is 16.7. The van der Waals surface area contributed by atoms with E-state index >= 15 is 0 Å². The highest BCUT2D eigenvalue weighted by atomic mass is 35.5. The van der Waals surface area contributed by atoms with E-state index in [1.165, 1.54) is 5.56 Å². The van der Waals surface area contributed by atoms with Crippen molar-refractivity contribution in [3.63, 3.8) is 0 Å². The zero-order valence-electron chi connectivity index (χ0n) is 16.1. The minimum absolute atomic E-state index is 0. The molecule has 0 fully saturated rings. The fourth-order valence-electron chi connectivity index (χ4n) is 2.89. The molecule has 3 rings (SSSR count). The Bertz CT molecular complexity index is 828. The smallest absolute Gasteiger partial charge is 0.258 e. The number of aromatic nitrogens is 2. The molecule has 2 aromatic carbocycles. The van der Waals surface area contributed by atoms with Gasteiger partial charge >= 0.3 is 0 Å². The summed E-state index contributed by atoms with van der Waals surface area (Å²) in [6.45, 7) is 9.13. The Morgan fingerprint density at radius 1 is 0.963 bits per heavy atom. The monoisotopic (exact) mass is 386 g/mol. The van der Waals surface area contributed by atoms with Crippen LogP contribution in [-0.2, 0) is 13.1 Å². The molecule has 0 unspecified atom stereocenters. The van der Waals surface area contributed by atoms with Crippen molar-refractivity contribution < 1.29 is 4.52 Å². The summed E-state index contributed by atoms with van der Waals surface area (Å²) in [4.78, 5) is 6.94. The highest BCUT2D eigenvalue weighted by Crippen LogP contribution is 2.23. The molecule has 3 aromatic rings. The second-order valence-corrected chi connectivity index (χ2v) is 6.68. The molecule has 144 valence electrons. The van der Waals surface area contributed by atoms with Gasteiger partial charge in [-0.2, -0.15) is 4.98 Å². The maximum atomic E-state index is 5.63. The zero-order chi connectivity index (χ0) is 18.5. The largest absolute Gasteiger partial charge is 0.334 e. The van der Waals surface area contributed by atoms with Crippen LogP contribution in [0.2, 0.25) is 0 Å². The van der Waals surface area contributed by atoms with E-state index in [9.17, 15) is 0 Å². The molecule has 6 heteroatoms. The lowest BCUT2D eigenvalue weighted by atomic mass is 10.1. The predicted molar refractivity (Wildman–Crippen MR) is 112 cm³/mol. The van der Waals surface area contributed by atoms with Crippen molar-refractivity contribution in [3.05, 3.63) is 59.7 Å². The third-order valence-electron chi connectivity index (χ3n) is 4.60. The lowest BCUT2D eigenvalue weighted by molar-refractivity contribution is 0.225. The molecule has 27 heavy (non-hydrogen) atoms. The summed E-state index contributed by atoms with van der Waals surface area (Å²) >= 11 is 0. The number of rotatable bonds is 7. The predicted octanol–water partition coefficient (Wildman–Crippen LogP) is 4.51. The van der Waals surface area contributed by atoms with Crippen LogP contribution in [-0.4, -0.2) is 27.6 Å². The standard InChI is InChI=1S/C21H26N4O.ClH/c1-4-25(15(2)3)14-17-7-11-19(12-8-17)21-23-20(24-26-21)18-9-5-16(13-22)6-10-18;/h5-12,15H,4,13-14,22H2,1-3H3;1H. The first-order chi connectivity index (χ1) is 12.6. The van der Waals surface area contributed by atoms with Crippen molar-refractivity contribution in [3.8, 4) is 22.8 Å². The molecule has 0 aliphatic rings. The summed E-state index contributed by atoms with van der Waals surface area (Å²) in [5.74, 6) is 1.12. The average Bonchev–Trinajstić information content (AvgIpc) is 3.16. The van der Waals surface area contributed by atoms with Gasteiger partial charge in [-0.1, -0.05) is 48.5 Å². The topological polar surface area (TPSA) is 68.2 Å². The van der Waals surface area contributed by atoms with Crippen molar-refractivity contribution in [2.75, 3.05) is 6.54 Å². The molecule has 0 aliphatic heterocycles. The molecule has 0 spiro atoms. The third-order valence-corrected chi connectivity index (χ3v) is 4.60. The van der Waals surface area contributed by atoms with Crippen LogP contribution < -0.4 is 5.73 Å². The summed E-state index contributed by atoms with van der Waals surface area (Å²) in [5.41, 5.74) is 9.84. The van der Waals surface area contributed by atoms with Crippen LogP contribution in [0.25, 0.3) is 22.8 Å². The Labute approximate surface area is 167 Å². The highest BCUT2D eigenvalue weighted by molar-refractivity contribution is 5.85. The Kier molecular flexibility index (Phi) is 7.54. The van der Waals surface area contributed by atoms with Gasteiger partial charge in [-0.05, 0) is 43.7 Å². The number of hydrogen-bond acceptors (Lipinski definition) is 5. The van der Waals surface area contributed by atoms with Crippen LogP contribution in [0.4, 0.5) is 0 Å². The minimum Gasteiger partial charge on any atom is -0.334 e. The summed E-state index contributed by atoms with van der Waals surface area (Å²) in [7, 11) is 0. The third kappa shape index (κ3) is 5.16. The molecule has 0 amide bonds. The summed E-state index contributed by atoms with van der Waals surface area (Å²) in [5, 5.41) is 4.10. The molecule has 1 heterocycles. The highest BCUT2D eigenvalue weighted by Gasteiger charge is 2.12. The fraction of sp³-hybridized carbons (Fsp3) is 0.333. The van der Waals surface area contributed by atoms with Crippen molar-refractivity contribution in [1.29, 1.82) is 0 Å². The normalized spacial score (nSPS) is 11.0. The molecule has 0 saturated carbocycles. The minimum atomic E-state index is 0. The van der Waals surface area contributed by atoms with E-state index in [1.54, 1.807) is 0 Å². The van der Waals surface area contributed by atoms with E-state index in [1.807, 2.05) is 36.4 Å². The maximum Gasteiger partial charge on any atom is 0.258 e. The van der Waals surface area contributed by atoms with E-state index in [0.29, 0.717) is 24.3 Å².